The molecule has 0 bridgehead atoms. The summed E-state index contributed by atoms with van der Waals surface area (Å²) in [5.41, 5.74) is 0.403. The Morgan fingerprint density at radius 2 is 2.18 bits per heavy atom. The first kappa shape index (κ1) is 13.5. The molecule has 92 valence electrons. The van der Waals surface area contributed by atoms with Crippen LogP contribution in [0.5, 0.6) is 5.88 Å². The Hall–Kier alpha value is -1.56. The Labute approximate surface area is 103 Å². The largest absolute Gasteiger partial charge is 0.475 e. The van der Waals surface area contributed by atoms with Gasteiger partial charge in [0.25, 0.3) is 0 Å². The predicted octanol–water partition coefficient (Wildman–Crippen LogP) is 3.69. The monoisotopic (exact) mass is 232 g/mol. The molecule has 0 saturated heterocycles. The van der Waals surface area contributed by atoms with E-state index in [0.717, 1.165) is 6.42 Å². The van der Waals surface area contributed by atoms with Gasteiger partial charge in [-0.3, -0.25) is 0 Å². The van der Waals surface area contributed by atoms with Crippen molar-refractivity contribution in [3.05, 3.63) is 23.9 Å². The number of ether oxygens (including phenoxy) is 1. The summed E-state index contributed by atoms with van der Waals surface area (Å²) >= 11 is 0. The fraction of sp³-hybridized carbons (Fsp3) is 0.571. The van der Waals surface area contributed by atoms with Crippen molar-refractivity contribution in [3.8, 4) is 11.9 Å². The van der Waals surface area contributed by atoms with Gasteiger partial charge in [-0.2, -0.15) is 5.26 Å². The van der Waals surface area contributed by atoms with E-state index < -0.39 is 0 Å². The molecule has 0 radical (unpaired) electrons. The Kier molecular flexibility index (Phi) is 6.09. The summed E-state index contributed by atoms with van der Waals surface area (Å²) in [5.74, 6) is 0.548. The molecule has 1 aromatic heterocycles. The van der Waals surface area contributed by atoms with Gasteiger partial charge in [-0.05, 0) is 25.8 Å². The third-order valence-corrected chi connectivity index (χ3v) is 2.62. The Morgan fingerprint density at radius 1 is 1.35 bits per heavy atom. The molecule has 1 heterocycles. The molecule has 0 amide bonds. The highest BCUT2D eigenvalue weighted by atomic mass is 16.5. The minimum absolute atomic E-state index is 0.160. The lowest BCUT2D eigenvalue weighted by atomic mass is 10.1. The maximum absolute atomic E-state index is 8.73. The Bertz CT molecular complexity index is 371. The van der Waals surface area contributed by atoms with E-state index in [4.69, 9.17) is 10.00 Å². The molecule has 1 aromatic rings. The number of unbranched alkanes of at least 4 members (excludes halogenated alkanes) is 3. The zero-order valence-electron chi connectivity index (χ0n) is 10.6. The van der Waals surface area contributed by atoms with Crippen molar-refractivity contribution < 1.29 is 4.74 Å². The van der Waals surface area contributed by atoms with Crippen molar-refractivity contribution in [1.82, 2.24) is 4.98 Å². The zero-order valence-corrected chi connectivity index (χ0v) is 10.6. The molecule has 0 saturated carbocycles. The van der Waals surface area contributed by atoms with E-state index in [-0.39, 0.29) is 6.10 Å². The van der Waals surface area contributed by atoms with Crippen LogP contribution in [0.25, 0.3) is 0 Å². The van der Waals surface area contributed by atoms with E-state index >= 15 is 0 Å². The van der Waals surface area contributed by atoms with Gasteiger partial charge in [-0.15, -0.1) is 0 Å². The molecule has 3 heteroatoms. The van der Waals surface area contributed by atoms with Crippen molar-refractivity contribution in [2.75, 3.05) is 0 Å². The highest BCUT2D eigenvalue weighted by Crippen LogP contribution is 2.13. The lowest BCUT2D eigenvalue weighted by molar-refractivity contribution is 0.198. The molecule has 1 unspecified atom stereocenters. The summed E-state index contributed by atoms with van der Waals surface area (Å²) in [5, 5.41) is 8.73. The molecule has 0 aromatic carbocycles. The van der Waals surface area contributed by atoms with Crippen LogP contribution in [0.4, 0.5) is 0 Å². The fourth-order valence-corrected chi connectivity index (χ4v) is 1.67. The molecule has 1 rings (SSSR count). The smallest absolute Gasteiger partial charge is 0.214 e. The third kappa shape index (κ3) is 5.35. The number of nitriles is 1. The van der Waals surface area contributed by atoms with Crippen LogP contribution in [-0.2, 0) is 0 Å². The van der Waals surface area contributed by atoms with Crippen molar-refractivity contribution in [2.24, 2.45) is 0 Å². The van der Waals surface area contributed by atoms with Gasteiger partial charge in [0.15, 0.2) is 0 Å². The lowest BCUT2D eigenvalue weighted by Gasteiger charge is -2.13. The second-order valence-electron chi connectivity index (χ2n) is 4.25. The average molecular weight is 232 g/mol. The molecular formula is C14H20N2O. The van der Waals surface area contributed by atoms with E-state index in [0.29, 0.717) is 11.6 Å². The molecule has 17 heavy (non-hydrogen) atoms. The zero-order chi connectivity index (χ0) is 12.5. The molecule has 0 fully saturated rings. The molecule has 0 N–H and O–H groups in total. The Morgan fingerprint density at radius 3 is 2.88 bits per heavy atom. The van der Waals surface area contributed by atoms with Gasteiger partial charge in [0.1, 0.15) is 11.8 Å². The molecule has 1 atom stereocenters. The normalized spacial score (nSPS) is 11.8. The SMILES string of the molecule is CCCCCCC(C)Oc1cccc(C#N)n1. The highest BCUT2D eigenvalue weighted by Gasteiger charge is 2.05. The molecular weight excluding hydrogens is 212 g/mol. The molecule has 0 aliphatic heterocycles. The van der Waals surface area contributed by atoms with E-state index in [1.165, 1.54) is 25.7 Å². The maximum atomic E-state index is 8.73. The van der Waals surface area contributed by atoms with Gasteiger partial charge < -0.3 is 4.74 Å². The van der Waals surface area contributed by atoms with Crippen molar-refractivity contribution in [2.45, 2.75) is 52.1 Å². The summed E-state index contributed by atoms with van der Waals surface area (Å²) in [6.07, 6.45) is 6.19. The van der Waals surface area contributed by atoms with Crippen molar-refractivity contribution >= 4 is 0 Å². The number of rotatable bonds is 7. The standard InChI is InChI=1S/C14H20N2O/c1-3-4-5-6-8-12(2)17-14-10-7-9-13(11-15)16-14/h7,9-10,12H,3-6,8H2,1-2H3. The van der Waals surface area contributed by atoms with Gasteiger partial charge in [-0.1, -0.05) is 32.3 Å². The maximum Gasteiger partial charge on any atom is 0.214 e. The Balaban J connectivity index is 2.34. The first-order chi connectivity index (χ1) is 8.26. The number of nitrogens with zero attached hydrogens (tertiary/aromatic N) is 2. The van der Waals surface area contributed by atoms with Crippen LogP contribution in [0.2, 0.25) is 0 Å². The van der Waals surface area contributed by atoms with Crippen LogP contribution in [0.1, 0.15) is 51.6 Å². The van der Waals surface area contributed by atoms with Crippen LogP contribution in [0, 0.1) is 11.3 Å². The van der Waals surface area contributed by atoms with Gasteiger partial charge in [-0.25, -0.2) is 4.98 Å². The molecule has 0 spiro atoms. The molecule has 0 aliphatic carbocycles. The minimum atomic E-state index is 0.160. The van der Waals surface area contributed by atoms with Crippen LogP contribution in [0.15, 0.2) is 18.2 Å². The summed E-state index contributed by atoms with van der Waals surface area (Å²) in [6, 6.07) is 7.28. The van der Waals surface area contributed by atoms with Gasteiger partial charge in [0.2, 0.25) is 5.88 Å². The van der Waals surface area contributed by atoms with Gasteiger partial charge in [0.05, 0.1) is 6.10 Å². The second-order valence-corrected chi connectivity index (χ2v) is 4.25. The van der Waals surface area contributed by atoms with Crippen LogP contribution >= 0.6 is 0 Å². The highest BCUT2D eigenvalue weighted by molar-refractivity contribution is 5.24. The van der Waals surface area contributed by atoms with Crippen LogP contribution < -0.4 is 4.74 Å². The first-order valence-electron chi connectivity index (χ1n) is 6.30. The van der Waals surface area contributed by atoms with Crippen molar-refractivity contribution in [1.29, 1.82) is 5.26 Å². The summed E-state index contributed by atoms with van der Waals surface area (Å²) < 4.78 is 5.67. The van der Waals surface area contributed by atoms with E-state index in [1.54, 1.807) is 18.2 Å². The van der Waals surface area contributed by atoms with Crippen LogP contribution in [-0.4, -0.2) is 11.1 Å². The van der Waals surface area contributed by atoms with E-state index in [1.807, 2.05) is 13.0 Å². The van der Waals surface area contributed by atoms with Gasteiger partial charge in [0, 0.05) is 6.07 Å². The number of aromatic nitrogens is 1. The quantitative estimate of drug-likeness (QED) is 0.673. The van der Waals surface area contributed by atoms with E-state index in [9.17, 15) is 0 Å². The third-order valence-electron chi connectivity index (χ3n) is 2.62. The van der Waals surface area contributed by atoms with Crippen molar-refractivity contribution in [3.63, 3.8) is 0 Å². The fourth-order valence-electron chi connectivity index (χ4n) is 1.67. The number of pyridine rings is 1. The second kappa shape index (κ2) is 7.67. The minimum Gasteiger partial charge on any atom is -0.475 e. The first-order valence-corrected chi connectivity index (χ1v) is 6.30. The van der Waals surface area contributed by atoms with Crippen LogP contribution in [0.3, 0.4) is 0 Å². The topological polar surface area (TPSA) is 45.9 Å². The lowest BCUT2D eigenvalue weighted by Crippen LogP contribution is -2.12. The molecule has 0 aliphatic rings. The molecule has 3 nitrogen and oxygen atoms in total. The summed E-state index contributed by atoms with van der Waals surface area (Å²) in [7, 11) is 0. The number of hydrogen-bond acceptors (Lipinski definition) is 3. The summed E-state index contributed by atoms with van der Waals surface area (Å²) in [6.45, 7) is 4.25. The number of hydrogen-bond donors (Lipinski definition) is 0. The van der Waals surface area contributed by atoms with E-state index in [2.05, 4.69) is 11.9 Å². The summed E-state index contributed by atoms with van der Waals surface area (Å²) in [4.78, 5) is 4.09. The predicted molar refractivity (Wildman–Crippen MR) is 67.8 cm³/mol. The average Bonchev–Trinajstić information content (AvgIpc) is 2.35. The van der Waals surface area contributed by atoms with Gasteiger partial charge >= 0.3 is 0 Å².